The van der Waals surface area contributed by atoms with Crippen molar-refractivity contribution in [3.8, 4) is 0 Å². The molecule has 0 unspecified atom stereocenters. The standard InChI is InChI=1S/C13H13F3N4O2/c14-13(15,16)11-9(6-22-19-11)12(21)20-3-1-8(2-4-20)10-5-17-7-18-10/h5-8H,1-4H2,(H,17,18). The second-order valence-electron chi connectivity index (χ2n) is 5.15. The van der Waals surface area contributed by atoms with Crippen molar-refractivity contribution < 1.29 is 22.5 Å². The molecule has 3 rings (SSSR count). The van der Waals surface area contributed by atoms with E-state index in [1.54, 1.807) is 12.5 Å². The fourth-order valence-electron chi connectivity index (χ4n) is 2.65. The fraction of sp³-hybridized carbons (Fsp3) is 0.462. The summed E-state index contributed by atoms with van der Waals surface area (Å²) in [5.74, 6) is -0.465. The molecule has 22 heavy (non-hydrogen) atoms. The second kappa shape index (κ2) is 5.47. The van der Waals surface area contributed by atoms with Crippen LogP contribution >= 0.6 is 0 Å². The van der Waals surface area contributed by atoms with Crippen LogP contribution < -0.4 is 0 Å². The number of hydrogen-bond acceptors (Lipinski definition) is 4. The number of H-pyrrole nitrogens is 1. The number of alkyl halides is 3. The van der Waals surface area contributed by atoms with Gasteiger partial charge in [-0.15, -0.1) is 0 Å². The van der Waals surface area contributed by atoms with Crippen LogP contribution in [0.15, 0.2) is 23.3 Å². The van der Waals surface area contributed by atoms with E-state index in [1.807, 2.05) is 0 Å². The highest BCUT2D eigenvalue weighted by molar-refractivity contribution is 5.95. The third-order valence-corrected chi connectivity index (χ3v) is 3.81. The lowest BCUT2D eigenvalue weighted by Crippen LogP contribution is -2.38. The summed E-state index contributed by atoms with van der Waals surface area (Å²) in [6, 6.07) is 0. The summed E-state index contributed by atoms with van der Waals surface area (Å²) in [6.45, 7) is 0.760. The molecule has 0 aliphatic carbocycles. The molecule has 118 valence electrons. The maximum Gasteiger partial charge on any atom is 0.437 e. The molecule has 6 nitrogen and oxygen atoms in total. The molecule has 0 aromatic carbocycles. The Morgan fingerprint density at radius 1 is 1.36 bits per heavy atom. The Kier molecular flexibility index (Phi) is 3.63. The van der Waals surface area contributed by atoms with E-state index in [1.165, 1.54) is 4.90 Å². The Balaban J connectivity index is 1.69. The highest BCUT2D eigenvalue weighted by Crippen LogP contribution is 2.32. The summed E-state index contributed by atoms with van der Waals surface area (Å²) < 4.78 is 42.6. The average molecular weight is 314 g/mol. The van der Waals surface area contributed by atoms with Gasteiger partial charge in [0.1, 0.15) is 11.8 Å². The van der Waals surface area contributed by atoms with Gasteiger partial charge in [0.05, 0.1) is 6.33 Å². The molecule has 2 aromatic rings. The van der Waals surface area contributed by atoms with E-state index >= 15 is 0 Å². The third-order valence-electron chi connectivity index (χ3n) is 3.81. The van der Waals surface area contributed by atoms with Gasteiger partial charge in [0.15, 0.2) is 5.69 Å². The predicted octanol–water partition coefficient (Wildman–Crippen LogP) is 2.44. The third kappa shape index (κ3) is 2.70. The zero-order valence-electron chi connectivity index (χ0n) is 11.4. The van der Waals surface area contributed by atoms with Crippen molar-refractivity contribution in [3.05, 3.63) is 35.7 Å². The molecule has 1 aliphatic heterocycles. The molecule has 1 aliphatic rings. The van der Waals surface area contributed by atoms with E-state index in [-0.39, 0.29) is 5.92 Å². The zero-order valence-corrected chi connectivity index (χ0v) is 11.4. The van der Waals surface area contributed by atoms with Gasteiger partial charge in [0.25, 0.3) is 5.91 Å². The van der Waals surface area contributed by atoms with Crippen LogP contribution in [-0.2, 0) is 6.18 Å². The van der Waals surface area contributed by atoms with Crippen LogP contribution in [0.3, 0.4) is 0 Å². The van der Waals surface area contributed by atoms with Crippen molar-refractivity contribution >= 4 is 5.91 Å². The molecule has 9 heteroatoms. The Morgan fingerprint density at radius 2 is 2.09 bits per heavy atom. The number of carbonyl (C=O) groups excluding carboxylic acids is 1. The van der Waals surface area contributed by atoms with E-state index in [0.29, 0.717) is 25.9 Å². The number of piperidine rings is 1. The summed E-state index contributed by atoms with van der Waals surface area (Å²) in [5, 5.41) is 2.90. The summed E-state index contributed by atoms with van der Waals surface area (Å²) in [5.41, 5.74) is -0.825. The lowest BCUT2D eigenvalue weighted by atomic mass is 9.93. The molecular weight excluding hydrogens is 301 g/mol. The topological polar surface area (TPSA) is 75.0 Å². The van der Waals surface area contributed by atoms with Gasteiger partial charge in [0, 0.05) is 30.9 Å². The number of imidazole rings is 1. The molecule has 1 saturated heterocycles. The van der Waals surface area contributed by atoms with Crippen LogP contribution in [0.25, 0.3) is 0 Å². The Morgan fingerprint density at radius 3 is 2.68 bits per heavy atom. The van der Waals surface area contributed by atoms with Gasteiger partial charge in [-0.1, -0.05) is 5.16 Å². The summed E-state index contributed by atoms with van der Waals surface area (Å²) in [7, 11) is 0. The first-order valence-electron chi connectivity index (χ1n) is 6.76. The van der Waals surface area contributed by atoms with Gasteiger partial charge in [-0.05, 0) is 12.8 Å². The van der Waals surface area contributed by atoms with E-state index < -0.39 is 23.3 Å². The van der Waals surface area contributed by atoms with Gasteiger partial charge in [-0.3, -0.25) is 4.79 Å². The van der Waals surface area contributed by atoms with Gasteiger partial charge < -0.3 is 14.4 Å². The molecule has 3 heterocycles. The molecule has 1 fully saturated rings. The van der Waals surface area contributed by atoms with Gasteiger partial charge in [-0.25, -0.2) is 4.98 Å². The predicted molar refractivity (Wildman–Crippen MR) is 68.0 cm³/mol. The number of halogens is 3. The van der Waals surface area contributed by atoms with Crippen LogP contribution in [0.2, 0.25) is 0 Å². The van der Waals surface area contributed by atoms with E-state index in [0.717, 1.165) is 12.0 Å². The molecule has 0 atom stereocenters. The first kappa shape index (κ1) is 14.6. The van der Waals surface area contributed by atoms with E-state index in [9.17, 15) is 18.0 Å². The smallest absolute Gasteiger partial charge is 0.363 e. The number of hydrogen-bond donors (Lipinski definition) is 1. The van der Waals surface area contributed by atoms with Crippen LogP contribution in [0.4, 0.5) is 13.2 Å². The van der Waals surface area contributed by atoms with Crippen molar-refractivity contribution in [1.29, 1.82) is 0 Å². The van der Waals surface area contributed by atoms with E-state index in [2.05, 4.69) is 19.6 Å². The normalized spacial score (nSPS) is 17.0. The molecule has 1 amide bonds. The number of likely N-dealkylation sites (tertiary alicyclic amines) is 1. The Bertz CT molecular complexity index is 643. The maximum absolute atomic E-state index is 12.8. The molecule has 0 saturated carbocycles. The van der Waals surface area contributed by atoms with Crippen molar-refractivity contribution in [2.24, 2.45) is 0 Å². The monoisotopic (exact) mass is 314 g/mol. The summed E-state index contributed by atoms with van der Waals surface area (Å²) in [6.07, 6.45) is 0.697. The SMILES string of the molecule is O=C(c1conc1C(F)(F)F)N1CCC(c2cnc[nH]2)CC1. The lowest BCUT2D eigenvalue weighted by molar-refractivity contribution is -0.143. The second-order valence-corrected chi connectivity index (χ2v) is 5.15. The van der Waals surface area contributed by atoms with Crippen molar-refractivity contribution in [2.45, 2.75) is 24.9 Å². The Hall–Kier alpha value is -2.32. The molecule has 0 spiro atoms. The molecule has 0 bridgehead atoms. The van der Waals surface area contributed by atoms with Crippen molar-refractivity contribution in [3.63, 3.8) is 0 Å². The largest absolute Gasteiger partial charge is 0.437 e. The number of amides is 1. The molecule has 0 radical (unpaired) electrons. The van der Waals surface area contributed by atoms with Crippen molar-refractivity contribution in [1.82, 2.24) is 20.0 Å². The number of nitrogens with zero attached hydrogens (tertiary/aromatic N) is 3. The average Bonchev–Trinajstić information content (AvgIpc) is 3.17. The minimum atomic E-state index is -4.70. The summed E-state index contributed by atoms with van der Waals surface area (Å²) >= 11 is 0. The number of aromatic nitrogens is 3. The van der Waals surface area contributed by atoms with Crippen LogP contribution in [0.1, 0.15) is 40.5 Å². The number of aromatic amines is 1. The van der Waals surface area contributed by atoms with Crippen LogP contribution in [-0.4, -0.2) is 39.0 Å². The van der Waals surface area contributed by atoms with Crippen molar-refractivity contribution in [2.75, 3.05) is 13.1 Å². The Labute approximate surface area is 123 Å². The number of nitrogens with one attached hydrogen (secondary N) is 1. The van der Waals surface area contributed by atoms with Gasteiger partial charge in [-0.2, -0.15) is 13.2 Å². The molecular formula is C13H13F3N4O2. The maximum atomic E-state index is 12.8. The van der Waals surface area contributed by atoms with E-state index in [4.69, 9.17) is 0 Å². The minimum Gasteiger partial charge on any atom is -0.363 e. The van der Waals surface area contributed by atoms with Gasteiger partial charge in [0.2, 0.25) is 0 Å². The zero-order chi connectivity index (χ0) is 15.7. The lowest BCUT2D eigenvalue weighted by Gasteiger charge is -2.31. The first-order chi connectivity index (χ1) is 10.5. The number of rotatable bonds is 2. The van der Waals surface area contributed by atoms with Crippen LogP contribution in [0.5, 0.6) is 0 Å². The molecule has 2 aromatic heterocycles. The number of carbonyl (C=O) groups is 1. The highest BCUT2D eigenvalue weighted by atomic mass is 19.4. The minimum absolute atomic E-state index is 0.233. The highest BCUT2D eigenvalue weighted by Gasteiger charge is 2.41. The fourth-order valence-corrected chi connectivity index (χ4v) is 2.65. The van der Waals surface area contributed by atoms with Gasteiger partial charge >= 0.3 is 6.18 Å². The summed E-state index contributed by atoms with van der Waals surface area (Å²) in [4.78, 5) is 20.6. The van der Waals surface area contributed by atoms with Crippen LogP contribution in [0, 0.1) is 0 Å². The first-order valence-corrected chi connectivity index (χ1v) is 6.76. The quantitative estimate of drug-likeness (QED) is 0.924. The molecule has 1 N–H and O–H groups in total.